The van der Waals surface area contributed by atoms with E-state index in [1.165, 1.54) is 12.1 Å². The zero-order valence-electron chi connectivity index (χ0n) is 19.7. The molecule has 33 heavy (non-hydrogen) atoms. The molecule has 0 unspecified atom stereocenters. The number of fused-ring (bicyclic) bond motifs is 1. The van der Waals surface area contributed by atoms with Gasteiger partial charge in [0.2, 0.25) is 0 Å². The lowest BCUT2D eigenvalue weighted by Gasteiger charge is -2.39. The minimum absolute atomic E-state index is 0.118. The van der Waals surface area contributed by atoms with E-state index in [-0.39, 0.29) is 16.5 Å². The molecule has 3 rings (SSSR count). The quantitative estimate of drug-likeness (QED) is 0.481. The van der Waals surface area contributed by atoms with E-state index in [0.29, 0.717) is 49.5 Å². The van der Waals surface area contributed by atoms with Gasteiger partial charge in [-0.3, -0.25) is 0 Å². The monoisotopic (exact) mass is 478 g/mol. The van der Waals surface area contributed by atoms with E-state index in [9.17, 15) is 17.9 Å². The molecule has 0 saturated heterocycles. The minimum atomic E-state index is -3.67. The first-order chi connectivity index (χ1) is 15.8. The Morgan fingerprint density at radius 1 is 1.09 bits per heavy atom. The van der Waals surface area contributed by atoms with Crippen LogP contribution in [-0.4, -0.2) is 45.2 Å². The second-order valence-corrected chi connectivity index (χ2v) is 10.8. The maximum absolute atomic E-state index is 13.7. The number of halogens is 1. The summed E-state index contributed by atoms with van der Waals surface area (Å²) >= 11 is 0. The summed E-state index contributed by atoms with van der Waals surface area (Å²) in [6.07, 6.45) is 1.90. The van der Waals surface area contributed by atoms with Gasteiger partial charge in [0.05, 0.1) is 23.4 Å². The summed E-state index contributed by atoms with van der Waals surface area (Å²) in [7, 11) is -3.67. The summed E-state index contributed by atoms with van der Waals surface area (Å²) in [5.41, 5.74) is 0.376. The van der Waals surface area contributed by atoms with Gasteiger partial charge in [-0.1, -0.05) is 38.8 Å². The fourth-order valence-electron chi connectivity index (χ4n) is 4.84. The van der Waals surface area contributed by atoms with E-state index >= 15 is 0 Å². The smallest absolute Gasteiger partial charge is 0.179 e. The van der Waals surface area contributed by atoms with Crippen molar-refractivity contribution in [2.75, 3.05) is 25.6 Å². The summed E-state index contributed by atoms with van der Waals surface area (Å²) < 4.78 is 52.0. The van der Waals surface area contributed by atoms with Crippen LogP contribution in [-0.2, 0) is 14.6 Å². The average Bonchev–Trinajstić information content (AvgIpc) is 2.87. The van der Waals surface area contributed by atoms with Crippen LogP contribution < -0.4 is 4.74 Å². The van der Waals surface area contributed by atoms with Crippen LogP contribution in [0.4, 0.5) is 4.39 Å². The molecule has 1 aliphatic heterocycles. The molecule has 0 radical (unpaired) electrons. The first-order valence-electron chi connectivity index (χ1n) is 11.8. The lowest BCUT2D eigenvalue weighted by atomic mass is 9.69. The molecule has 0 spiro atoms. The van der Waals surface area contributed by atoms with E-state index in [1.807, 2.05) is 13.8 Å². The van der Waals surface area contributed by atoms with Crippen molar-refractivity contribution in [1.29, 1.82) is 0 Å². The van der Waals surface area contributed by atoms with Crippen LogP contribution in [0.15, 0.2) is 47.4 Å². The van der Waals surface area contributed by atoms with Gasteiger partial charge >= 0.3 is 0 Å². The molecule has 7 heteroatoms. The second-order valence-electron chi connectivity index (χ2n) is 8.80. The predicted molar refractivity (Wildman–Crippen MR) is 127 cm³/mol. The number of hydrogen-bond donors (Lipinski definition) is 1. The average molecular weight is 479 g/mol. The van der Waals surface area contributed by atoms with Crippen molar-refractivity contribution in [3.05, 3.63) is 59.4 Å². The number of hydrogen-bond acceptors (Lipinski definition) is 5. The number of ether oxygens (including phenoxy) is 2. The number of rotatable bonds is 10. The third-order valence-corrected chi connectivity index (χ3v) is 8.73. The van der Waals surface area contributed by atoms with Gasteiger partial charge in [-0.05, 0) is 61.2 Å². The van der Waals surface area contributed by atoms with Crippen molar-refractivity contribution in [3.63, 3.8) is 0 Å². The van der Waals surface area contributed by atoms with Crippen LogP contribution in [0.2, 0.25) is 0 Å². The molecular formula is C26H35FO5S. The second kappa shape index (κ2) is 11.0. The summed E-state index contributed by atoms with van der Waals surface area (Å²) in [6.45, 7) is 7.24. The molecule has 0 bridgehead atoms. The predicted octanol–water partition coefficient (Wildman–Crippen LogP) is 5.11. The molecule has 1 heterocycles. The van der Waals surface area contributed by atoms with Crippen LogP contribution in [0.3, 0.4) is 0 Å². The highest BCUT2D eigenvalue weighted by Crippen LogP contribution is 2.49. The molecule has 0 amide bonds. The fraction of sp³-hybridized carbons (Fsp3) is 0.538. The Bertz CT molecular complexity index is 1020. The minimum Gasteiger partial charge on any atom is -0.491 e. The lowest BCUT2D eigenvalue weighted by molar-refractivity contribution is 0.0173. The first kappa shape index (κ1) is 25.7. The van der Waals surface area contributed by atoms with Gasteiger partial charge in [-0.25, -0.2) is 12.8 Å². The molecule has 0 aliphatic carbocycles. The van der Waals surface area contributed by atoms with Gasteiger partial charge in [0.15, 0.2) is 9.84 Å². The molecule has 0 aromatic heterocycles. The molecule has 2 aromatic rings. The SMILES string of the molecule is CCCC[C@]1(CC)CS(=O)(=O)c2ccc(OCCOCC)cc2[C@@H](c2ccc(F)cc2)[C@H]1O. The van der Waals surface area contributed by atoms with Gasteiger partial charge in [-0.15, -0.1) is 0 Å². The molecule has 1 aliphatic rings. The zero-order valence-corrected chi connectivity index (χ0v) is 20.5. The van der Waals surface area contributed by atoms with Crippen LogP contribution >= 0.6 is 0 Å². The van der Waals surface area contributed by atoms with E-state index in [1.54, 1.807) is 30.3 Å². The van der Waals surface area contributed by atoms with Crippen molar-refractivity contribution in [1.82, 2.24) is 0 Å². The number of aliphatic hydroxyl groups excluding tert-OH is 1. The third-order valence-electron chi connectivity index (χ3n) is 6.73. The first-order valence-corrected chi connectivity index (χ1v) is 13.4. The van der Waals surface area contributed by atoms with Gasteiger partial charge in [0, 0.05) is 17.9 Å². The van der Waals surface area contributed by atoms with Crippen molar-refractivity contribution >= 4 is 9.84 Å². The fourth-order valence-corrected chi connectivity index (χ4v) is 7.09. The van der Waals surface area contributed by atoms with Crippen molar-refractivity contribution in [2.45, 2.75) is 63.4 Å². The number of aliphatic hydroxyl groups is 1. The van der Waals surface area contributed by atoms with Gasteiger partial charge in [0.25, 0.3) is 0 Å². The summed E-state index contributed by atoms with van der Waals surface area (Å²) in [4.78, 5) is 0.208. The Hall–Kier alpha value is -1.96. The van der Waals surface area contributed by atoms with Gasteiger partial charge in [-0.2, -0.15) is 0 Å². The largest absolute Gasteiger partial charge is 0.491 e. The van der Waals surface area contributed by atoms with Crippen molar-refractivity contribution < 1.29 is 27.4 Å². The topological polar surface area (TPSA) is 72.8 Å². The normalized spacial score (nSPS) is 24.2. The Morgan fingerprint density at radius 3 is 2.45 bits per heavy atom. The molecule has 0 fully saturated rings. The highest BCUT2D eigenvalue weighted by Gasteiger charge is 2.49. The van der Waals surface area contributed by atoms with Crippen LogP contribution in [0, 0.1) is 11.2 Å². The van der Waals surface area contributed by atoms with E-state index in [0.717, 1.165) is 12.8 Å². The summed E-state index contributed by atoms with van der Waals surface area (Å²) in [5, 5.41) is 11.8. The van der Waals surface area contributed by atoms with E-state index < -0.39 is 27.3 Å². The number of benzene rings is 2. The van der Waals surface area contributed by atoms with Crippen LogP contribution in [0.5, 0.6) is 5.75 Å². The number of unbranched alkanes of at least 4 members (excludes halogenated alkanes) is 1. The Labute approximate surface area is 196 Å². The molecule has 5 nitrogen and oxygen atoms in total. The number of sulfone groups is 1. The maximum atomic E-state index is 13.7. The maximum Gasteiger partial charge on any atom is 0.179 e. The Morgan fingerprint density at radius 2 is 1.82 bits per heavy atom. The molecule has 182 valence electrons. The molecule has 0 saturated carbocycles. The highest BCUT2D eigenvalue weighted by molar-refractivity contribution is 7.91. The Kier molecular flexibility index (Phi) is 8.54. The molecule has 2 aromatic carbocycles. The molecular weight excluding hydrogens is 443 g/mol. The van der Waals surface area contributed by atoms with Crippen LogP contribution in [0.1, 0.15) is 63.5 Å². The van der Waals surface area contributed by atoms with E-state index in [4.69, 9.17) is 9.47 Å². The molecule has 1 N–H and O–H groups in total. The molecule has 3 atom stereocenters. The zero-order chi connectivity index (χ0) is 24.1. The summed E-state index contributed by atoms with van der Waals surface area (Å²) in [6, 6.07) is 10.9. The standard InChI is InChI=1S/C26H35FO5S/c1-4-7-14-26(5-2)18-33(29,30)23-13-12-21(32-16-15-31-6-3)17-22(23)24(25(26)28)19-8-10-20(27)11-9-19/h8-13,17,24-25,28H,4-7,14-16,18H2,1-3H3/t24-,25-,26-/m1/s1. The van der Waals surface area contributed by atoms with Crippen LogP contribution in [0.25, 0.3) is 0 Å². The van der Waals surface area contributed by atoms with Gasteiger partial charge < -0.3 is 14.6 Å². The lowest BCUT2D eigenvalue weighted by Crippen LogP contribution is -2.42. The van der Waals surface area contributed by atoms with Crippen molar-refractivity contribution in [2.24, 2.45) is 5.41 Å². The van der Waals surface area contributed by atoms with Crippen molar-refractivity contribution in [3.8, 4) is 5.75 Å². The highest BCUT2D eigenvalue weighted by atomic mass is 32.2. The Balaban J connectivity index is 2.16. The summed E-state index contributed by atoms with van der Waals surface area (Å²) in [5.74, 6) is -0.603. The van der Waals surface area contributed by atoms with Gasteiger partial charge in [0.1, 0.15) is 18.2 Å². The third kappa shape index (κ3) is 5.58. The van der Waals surface area contributed by atoms with E-state index in [2.05, 4.69) is 6.92 Å².